The molecule has 1 fully saturated rings. The Bertz CT molecular complexity index is 1460. The minimum Gasteiger partial charge on any atom is -0.505 e. The maximum atomic E-state index is 12.8. The summed E-state index contributed by atoms with van der Waals surface area (Å²) in [6.45, 7) is 5.82. The van der Waals surface area contributed by atoms with Gasteiger partial charge in [-0.25, -0.2) is 9.59 Å². The summed E-state index contributed by atoms with van der Waals surface area (Å²) in [4.78, 5) is 39.6. The predicted molar refractivity (Wildman–Crippen MR) is 136 cm³/mol. The summed E-state index contributed by atoms with van der Waals surface area (Å²) < 4.78 is 28.5. The van der Waals surface area contributed by atoms with E-state index in [2.05, 4.69) is 10.3 Å². The summed E-state index contributed by atoms with van der Waals surface area (Å²) in [5.41, 5.74) is -1.46. The zero-order chi connectivity index (χ0) is 28.6. The normalized spacial score (nSPS) is 22.4. The van der Waals surface area contributed by atoms with Crippen LogP contribution in [-0.4, -0.2) is 76.1 Å². The van der Waals surface area contributed by atoms with E-state index in [-0.39, 0.29) is 28.0 Å². The van der Waals surface area contributed by atoms with E-state index in [0.29, 0.717) is 0 Å². The fourth-order valence-corrected chi connectivity index (χ4v) is 4.53. The Labute approximate surface area is 222 Å². The highest BCUT2D eigenvalue weighted by molar-refractivity contribution is 5.98. The van der Waals surface area contributed by atoms with E-state index in [1.54, 1.807) is 39.8 Å². The number of aliphatic hydroxyl groups is 2. The maximum Gasteiger partial charge on any atom is 0.364 e. The lowest BCUT2D eigenvalue weighted by Crippen LogP contribution is -2.65. The monoisotopic (exact) mass is 546 g/mol. The lowest BCUT2D eigenvalue weighted by atomic mass is 9.89. The van der Waals surface area contributed by atoms with Crippen molar-refractivity contribution in [3.63, 3.8) is 0 Å². The van der Waals surface area contributed by atoms with Crippen molar-refractivity contribution < 1.29 is 48.3 Å². The number of nitrogens with one attached hydrogen (secondary N) is 2. The summed E-state index contributed by atoms with van der Waals surface area (Å²) in [6.07, 6.45) is -4.86. The molecule has 4 rings (SSSR count). The number of carbonyl (C=O) groups is 2. The van der Waals surface area contributed by atoms with Gasteiger partial charge in [-0.05, 0) is 52.0 Å². The standard InChI is InChI=1S/C26H30N2O11/c1-11-6-8-14(27-11)23(33)38-21-19(32)25(39-26(3,4)22(21)35-5)36-15-9-7-13-18(31)17(28-16(30)10-29)24(34)37-20(13)12(15)2/h6-9,19,21-22,25,27,29,31-32H,10H2,1-5H3,(H,28,30). The zero-order valence-electron chi connectivity index (χ0n) is 21.9. The van der Waals surface area contributed by atoms with Crippen LogP contribution in [0.1, 0.15) is 35.6 Å². The number of aryl methyl sites for hydroxylation is 2. The van der Waals surface area contributed by atoms with Crippen LogP contribution in [0.4, 0.5) is 5.69 Å². The maximum absolute atomic E-state index is 12.8. The van der Waals surface area contributed by atoms with Gasteiger partial charge in [0.05, 0.1) is 11.0 Å². The Balaban J connectivity index is 1.65. The van der Waals surface area contributed by atoms with Gasteiger partial charge >= 0.3 is 11.6 Å². The van der Waals surface area contributed by atoms with Gasteiger partial charge in [-0.2, -0.15) is 0 Å². The Morgan fingerprint density at radius 1 is 1.18 bits per heavy atom. The van der Waals surface area contributed by atoms with Crippen molar-refractivity contribution in [2.75, 3.05) is 19.0 Å². The van der Waals surface area contributed by atoms with Gasteiger partial charge in [-0.1, -0.05) is 0 Å². The molecule has 3 aromatic rings. The van der Waals surface area contributed by atoms with Crippen LogP contribution in [0.3, 0.4) is 0 Å². The average molecular weight is 547 g/mol. The van der Waals surface area contributed by atoms with Crippen LogP contribution in [0.2, 0.25) is 0 Å². The van der Waals surface area contributed by atoms with Crippen molar-refractivity contribution in [2.45, 2.75) is 57.9 Å². The minimum atomic E-state index is -1.49. The number of benzene rings is 1. The van der Waals surface area contributed by atoms with E-state index in [1.807, 2.05) is 0 Å². The number of rotatable bonds is 7. The fourth-order valence-electron chi connectivity index (χ4n) is 4.53. The Hall–Kier alpha value is -3.91. The summed E-state index contributed by atoms with van der Waals surface area (Å²) in [6, 6.07) is 6.10. The molecule has 4 unspecified atom stereocenters. The molecule has 1 aliphatic rings. The molecule has 39 heavy (non-hydrogen) atoms. The Kier molecular flexibility index (Phi) is 7.70. The summed E-state index contributed by atoms with van der Waals surface area (Å²) >= 11 is 0. The van der Waals surface area contributed by atoms with Crippen molar-refractivity contribution in [1.82, 2.24) is 4.98 Å². The first-order valence-corrected chi connectivity index (χ1v) is 12.0. The molecule has 210 valence electrons. The number of aromatic hydroxyl groups is 1. The quantitative estimate of drug-likeness (QED) is 0.213. The number of ether oxygens (including phenoxy) is 4. The molecule has 1 saturated heterocycles. The third-order valence-corrected chi connectivity index (χ3v) is 6.47. The smallest absolute Gasteiger partial charge is 0.364 e. The number of anilines is 1. The second kappa shape index (κ2) is 10.7. The Morgan fingerprint density at radius 3 is 2.51 bits per heavy atom. The van der Waals surface area contributed by atoms with Crippen molar-refractivity contribution in [1.29, 1.82) is 0 Å². The molecule has 13 nitrogen and oxygen atoms in total. The number of carbonyl (C=O) groups excluding carboxylic acids is 2. The van der Waals surface area contributed by atoms with Gasteiger partial charge in [0.15, 0.2) is 23.6 Å². The average Bonchev–Trinajstić information content (AvgIpc) is 3.32. The number of esters is 1. The number of H-pyrrole nitrogens is 1. The molecule has 1 amide bonds. The molecular weight excluding hydrogens is 516 g/mol. The van der Waals surface area contributed by atoms with Crippen LogP contribution in [-0.2, 0) is 19.0 Å². The van der Waals surface area contributed by atoms with E-state index in [4.69, 9.17) is 28.5 Å². The molecule has 0 aliphatic carbocycles. The SMILES string of the molecule is COC1C(OC(=O)c2ccc(C)[nH]2)C(O)C(Oc2ccc3c(O)c(NC(=O)CO)c(=O)oc3c2C)OC1(C)C. The van der Waals surface area contributed by atoms with Gasteiger partial charge in [-0.3, -0.25) is 4.79 Å². The number of hydrogen-bond donors (Lipinski definition) is 5. The Morgan fingerprint density at radius 2 is 1.90 bits per heavy atom. The van der Waals surface area contributed by atoms with Crippen LogP contribution >= 0.6 is 0 Å². The first-order chi connectivity index (χ1) is 18.4. The molecule has 2 aromatic heterocycles. The van der Waals surface area contributed by atoms with E-state index < -0.39 is 65.7 Å². The summed E-state index contributed by atoms with van der Waals surface area (Å²) in [7, 11) is 1.41. The summed E-state index contributed by atoms with van der Waals surface area (Å²) in [5, 5.41) is 32.8. The number of aromatic nitrogens is 1. The van der Waals surface area contributed by atoms with Gasteiger partial charge in [0.1, 0.15) is 29.7 Å². The lowest BCUT2D eigenvalue weighted by Gasteiger charge is -2.47. The largest absolute Gasteiger partial charge is 0.505 e. The van der Waals surface area contributed by atoms with Gasteiger partial charge in [0.2, 0.25) is 12.2 Å². The van der Waals surface area contributed by atoms with E-state index >= 15 is 0 Å². The van der Waals surface area contributed by atoms with Crippen LogP contribution in [0.5, 0.6) is 11.5 Å². The first-order valence-electron chi connectivity index (χ1n) is 12.0. The van der Waals surface area contributed by atoms with Crippen LogP contribution in [0.25, 0.3) is 11.0 Å². The molecule has 13 heteroatoms. The number of aliphatic hydroxyl groups excluding tert-OH is 2. The second-order valence-corrected chi connectivity index (χ2v) is 9.66. The molecule has 4 atom stereocenters. The second-order valence-electron chi connectivity index (χ2n) is 9.66. The summed E-state index contributed by atoms with van der Waals surface area (Å²) in [5.74, 6) is -2.02. The van der Waals surface area contributed by atoms with Crippen LogP contribution < -0.4 is 15.7 Å². The van der Waals surface area contributed by atoms with E-state index in [1.165, 1.54) is 19.2 Å². The molecule has 0 spiro atoms. The molecule has 1 aliphatic heterocycles. The zero-order valence-corrected chi connectivity index (χ0v) is 21.9. The number of amides is 1. The molecule has 0 saturated carbocycles. The van der Waals surface area contributed by atoms with Gasteiger partial charge in [0, 0.05) is 18.4 Å². The van der Waals surface area contributed by atoms with Crippen molar-refractivity contribution in [2.24, 2.45) is 0 Å². The third kappa shape index (κ3) is 5.34. The molecule has 1 aromatic carbocycles. The molecule has 0 bridgehead atoms. The number of methoxy groups -OCH3 is 1. The fraction of sp³-hybridized carbons (Fsp3) is 0.423. The van der Waals surface area contributed by atoms with Gasteiger partial charge < -0.3 is 49.0 Å². The first kappa shape index (κ1) is 28.1. The highest BCUT2D eigenvalue weighted by Gasteiger charge is 2.53. The van der Waals surface area contributed by atoms with E-state index in [0.717, 1.165) is 5.69 Å². The predicted octanol–water partition coefficient (Wildman–Crippen LogP) is 1.49. The highest BCUT2D eigenvalue weighted by Crippen LogP contribution is 2.38. The molecule has 5 N–H and O–H groups in total. The molecule has 0 radical (unpaired) electrons. The molecular formula is C26H30N2O11. The topological polar surface area (TPSA) is 190 Å². The third-order valence-electron chi connectivity index (χ3n) is 6.47. The van der Waals surface area contributed by atoms with Gasteiger partial charge in [-0.15, -0.1) is 0 Å². The van der Waals surface area contributed by atoms with Crippen LogP contribution in [0, 0.1) is 13.8 Å². The van der Waals surface area contributed by atoms with Crippen molar-refractivity contribution in [3.05, 3.63) is 51.6 Å². The van der Waals surface area contributed by atoms with Crippen molar-refractivity contribution in [3.8, 4) is 11.5 Å². The van der Waals surface area contributed by atoms with Crippen LogP contribution in [0.15, 0.2) is 33.5 Å². The highest BCUT2D eigenvalue weighted by atomic mass is 16.7. The number of hydrogen-bond acceptors (Lipinski definition) is 11. The van der Waals surface area contributed by atoms with Gasteiger partial charge in [0.25, 0.3) is 0 Å². The number of aromatic amines is 1. The lowest BCUT2D eigenvalue weighted by molar-refractivity contribution is -0.305. The molecule has 3 heterocycles. The number of fused-ring (bicyclic) bond motifs is 1. The minimum absolute atomic E-state index is 0.0404. The van der Waals surface area contributed by atoms with Crippen molar-refractivity contribution >= 4 is 28.5 Å². The van der Waals surface area contributed by atoms with E-state index in [9.17, 15) is 24.6 Å².